The molecule has 36 heavy (non-hydrogen) atoms. The molecule has 1 fully saturated rings. The van der Waals surface area contributed by atoms with Crippen molar-refractivity contribution in [3.8, 4) is 11.1 Å². The molecule has 188 valence electrons. The average Bonchev–Trinajstić information content (AvgIpc) is 3.25. The summed E-state index contributed by atoms with van der Waals surface area (Å²) >= 11 is 6.30. The number of halogens is 1. The molecule has 0 saturated carbocycles. The van der Waals surface area contributed by atoms with Crippen molar-refractivity contribution < 1.29 is 13.2 Å². The van der Waals surface area contributed by atoms with Crippen molar-refractivity contribution in [2.75, 3.05) is 25.9 Å². The summed E-state index contributed by atoms with van der Waals surface area (Å²) < 4.78 is 25.3. The summed E-state index contributed by atoms with van der Waals surface area (Å²) in [6.45, 7) is 5.44. The van der Waals surface area contributed by atoms with Gasteiger partial charge in [0.25, 0.3) is 5.91 Å². The molecule has 0 aliphatic carbocycles. The summed E-state index contributed by atoms with van der Waals surface area (Å²) in [6, 6.07) is 10.7. The predicted octanol–water partition coefficient (Wildman–Crippen LogP) is 4.96. The Balaban J connectivity index is 1.71. The highest BCUT2D eigenvalue weighted by Crippen LogP contribution is 2.39. The van der Waals surface area contributed by atoms with E-state index >= 15 is 0 Å². The quantitative estimate of drug-likeness (QED) is 0.384. The number of aromatic amines is 1. The third-order valence-electron chi connectivity index (χ3n) is 7.14. The van der Waals surface area contributed by atoms with Crippen LogP contribution in [0.4, 0.5) is 0 Å². The lowest BCUT2D eigenvalue weighted by atomic mass is 9.93. The van der Waals surface area contributed by atoms with Crippen LogP contribution in [0, 0.1) is 6.92 Å². The van der Waals surface area contributed by atoms with Gasteiger partial charge in [-0.25, -0.2) is 13.4 Å². The van der Waals surface area contributed by atoms with Crippen molar-refractivity contribution in [2.45, 2.75) is 37.6 Å². The van der Waals surface area contributed by atoms with Gasteiger partial charge in [0, 0.05) is 28.6 Å². The number of piperidine rings is 1. The molecule has 2 aromatic heterocycles. The number of aromatic nitrogens is 2. The number of aryl methyl sites for hydroxylation is 1. The molecule has 0 spiro atoms. The van der Waals surface area contributed by atoms with Crippen LogP contribution in [0.1, 0.15) is 35.7 Å². The molecule has 3 heterocycles. The Morgan fingerprint density at radius 1 is 1.22 bits per heavy atom. The molecule has 2 aromatic carbocycles. The molecule has 2 N–H and O–H groups in total. The van der Waals surface area contributed by atoms with Crippen LogP contribution in [0.15, 0.2) is 47.5 Å². The number of pyridine rings is 1. The van der Waals surface area contributed by atoms with E-state index in [-0.39, 0.29) is 22.6 Å². The molecule has 7 nitrogen and oxygen atoms in total. The van der Waals surface area contributed by atoms with Gasteiger partial charge in [-0.3, -0.25) is 4.79 Å². The van der Waals surface area contributed by atoms with Crippen molar-refractivity contribution in [1.29, 1.82) is 0 Å². The topological polar surface area (TPSA) is 95.2 Å². The smallest absolute Gasteiger partial charge is 0.251 e. The summed E-state index contributed by atoms with van der Waals surface area (Å²) in [4.78, 5) is 23.8. The van der Waals surface area contributed by atoms with Crippen molar-refractivity contribution in [2.24, 2.45) is 0 Å². The first-order valence-corrected chi connectivity index (χ1v) is 14.1. The monoisotopic (exact) mass is 524 g/mol. The highest BCUT2D eigenvalue weighted by molar-refractivity contribution is 7.91. The number of amides is 1. The second-order valence-electron chi connectivity index (χ2n) is 9.50. The Hall–Kier alpha value is -2.94. The first-order chi connectivity index (χ1) is 17.2. The summed E-state index contributed by atoms with van der Waals surface area (Å²) in [5.41, 5.74) is 4.28. The molecule has 5 rings (SSSR count). The number of nitrogens with one attached hydrogen (secondary N) is 2. The van der Waals surface area contributed by atoms with Gasteiger partial charge in [-0.05, 0) is 80.9 Å². The molecular formula is C27H29ClN4O3S. The standard InChI is InChI=1S/C27H29ClN4O3S/c1-4-36(34,35)20-7-5-6-17(12-20)22-14-21(27(33)30-19-8-10-32(3)11-9-19)16(2)25-24(22)23-13-18(28)15-29-26(23)31-25/h5-7,12-15,19H,4,8-11H2,1-3H3,(H,29,31)(H,30,33). The molecule has 1 saturated heterocycles. The predicted molar refractivity (Wildman–Crippen MR) is 144 cm³/mol. The van der Waals surface area contributed by atoms with E-state index in [4.69, 9.17) is 11.6 Å². The first-order valence-electron chi connectivity index (χ1n) is 12.1. The van der Waals surface area contributed by atoms with Gasteiger partial charge in [0.15, 0.2) is 9.84 Å². The van der Waals surface area contributed by atoms with Crippen molar-refractivity contribution >= 4 is 49.3 Å². The van der Waals surface area contributed by atoms with E-state index in [1.54, 1.807) is 31.3 Å². The van der Waals surface area contributed by atoms with Gasteiger partial charge in [-0.2, -0.15) is 0 Å². The zero-order chi connectivity index (χ0) is 25.6. The minimum absolute atomic E-state index is 0.0105. The van der Waals surface area contributed by atoms with E-state index < -0.39 is 9.84 Å². The summed E-state index contributed by atoms with van der Waals surface area (Å²) in [6.07, 6.45) is 3.39. The maximum atomic E-state index is 13.5. The molecule has 1 aliphatic heterocycles. The third-order valence-corrected chi connectivity index (χ3v) is 9.08. The summed E-state index contributed by atoms with van der Waals surface area (Å²) in [7, 11) is -1.31. The first kappa shape index (κ1) is 24.7. The van der Waals surface area contributed by atoms with Gasteiger partial charge in [0.05, 0.1) is 21.2 Å². The lowest BCUT2D eigenvalue weighted by Crippen LogP contribution is -2.43. The minimum atomic E-state index is -3.40. The summed E-state index contributed by atoms with van der Waals surface area (Å²) in [5.74, 6) is -0.122. The average molecular weight is 525 g/mol. The number of carbonyl (C=O) groups excluding carboxylic acids is 1. The van der Waals surface area contributed by atoms with Crippen LogP contribution in [0.5, 0.6) is 0 Å². The zero-order valence-electron chi connectivity index (χ0n) is 20.6. The van der Waals surface area contributed by atoms with Crippen LogP contribution < -0.4 is 5.32 Å². The molecular weight excluding hydrogens is 496 g/mol. The molecule has 0 unspecified atom stereocenters. The molecule has 1 aliphatic rings. The number of fused-ring (bicyclic) bond motifs is 3. The maximum absolute atomic E-state index is 13.5. The Morgan fingerprint density at radius 3 is 2.69 bits per heavy atom. The summed E-state index contributed by atoms with van der Waals surface area (Å²) in [5, 5.41) is 5.40. The molecule has 0 radical (unpaired) electrons. The molecule has 0 bridgehead atoms. The maximum Gasteiger partial charge on any atom is 0.251 e. The number of hydrogen-bond donors (Lipinski definition) is 2. The molecule has 0 atom stereocenters. The molecule has 1 amide bonds. The Kier molecular flexibility index (Phi) is 6.53. The Morgan fingerprint density at radius 2 is 1.97 bits per heavy atom. The fourth-order valence-corrected chi connectivity index (χ4v) is 6.05. The van der Waals surface area contributed by atoms with Gasteiger partial charge >= 0.3 is 0 Å². The Bertz CT molecular complexity index is 1590. The fraction of sp³-hybridized carbons (Fsp3) is 0.333. The van der Waals surface area contributed by atoms with Crippen LogP contribution in [-0.2, 0) is 9.84 Å². The number of carbonyl (C=O) groups is 1. The second kappa shape index (κ2) is 9.50. The fourth-order valence-electron chi connectivity index (χ4n) is 4.97. The van der Waals surface area contributed by atoms with E-state index in [0.29, 0.717) is 21.8 Å². The highest BCUT2D eigenvalue weighted by Gasteiger charge is 2.24. The minimum Gasteiger partial charge on any atom is -0.349 e. The van der Waals surface area contributed by atoms with Crippen LogP contribution in [-0.4, -0.2) is 61.1 Å². The lowest BCUT2D eigenvalue weighted by molar-refractivity contribution is 0.0916. The molecule has 9 heteroatoms. The number of nitrogens with zero attached hydrogens (tertiary/aromatic N) is 2. The molecule has 4 aromatic rings. The van der Waals surface area contributed by atoms with Crippen LogP contribution in [0.3, 0.4) is 0 Å². The number of hydrogen-bond acceptors (Lipinski definition) is 5. The highest BCUT2D eigenvalue weighted by atomic mass is 35.5. The number of H-pyrrole nitrogens is 1. The van der Waals surface area contributed by atoms with E-state index in [2.05, 4.69) is 27.2 Å². The van der Waals surface area contributed by atoms with E-state index in [1.165, 1.54) is 0 Å². The van der Waals surface area contributed by atoms with Gasteiger partial charge < -0.3 is 15.2 Å². The van der Waals surface area contributed by atoms with Crippen molar-refractivity contribution in [3.05, 3.63) is 58.7 Å². The Labute approximate surface area is 215 Å². The van der Waals surface area contributed by atoms with Gasteiger partial charge in [0.2, 0.25) is 0 Å². The van der Waals surface area contributed by atoms with Crippen molar-refractivity contribution in [3.63, 3.8) is 0 Å². The van der Waals surface area contributed by atoms with E-state index in [9.17, 15) is 13.2 Å². The van der Waals surface area contributed by atoms with E-state index in [1.807, 2.05) is 25.1 Å². The number of rotatable bonds is 5. The number of sulfone groups is 1. The van der Waals surface area contributed by atoms with Gasteiger partial charge in [-0.15, -0.1) is 0 Å². The number of likely N-dealkylation sites (tertiary alicyclic amines) is 1. The van der Waals surface area contributed by atoms with Gasteiger partial charge in [0.1, 0.15) is 5.65 Å². The lowest BCUT2D eigenvalue weighted by Gasteiger charge is -2.29. The zero-order valence-corrected chi connectivity index (χ0v) is 22.1. The number of benzene rings is 2. The SMILES string of the molecule is CCS(=O)(=O)c1cccc(-c2cc(C(=O)NC3CCN(C)CC3)c(C)c3[nH]c4ncc(Cl)cc4c23)c1. The van der Waals surface area contributed by atoms with Crippen LogP contribution >= 0.6 is 11.6 Å². The van der Waals surface area contributed by atoms with Crippen LogP contribution in [0.2, 0.25) is 5.02 Å². The van der Waals surface area contributed by atoms with Crippen LogP contribution in [0.25, 0.3) is 33.1 Å². The van der Waals surface area contributed by atoms with Gasteiger partial charge in [-0.1, -0.05) is 30.7 Å². The van der Waals surface area contributed by atoms with E-state index in [0.717, 1.165) is 53.3 Å². The second-order valence-corrected chi connectivity index (χ2v) is 12.2. The normalized spacial score (nSPS) is 15.6. The largest absolute Gasteiger partial charge is 0.349 e. The van der Waals surface area contributed by atoms with Crippen molar-refractivity contribution in [1.82, 2.24) is 20.2 Å². The third kappa shape index (κ3) is 4.49.